The molecule has 0 radical (unpaired) electrons. The van der Waals surface area contributed by atoms with Crippen LogP contribution in [0.25, 0.3) is 0 Å². The molecule has 0 aliphatic carbocycles. The molecule has 1 saturated heterocycles. The summed E-state index contributed by atoms with van der Waals surface area (Å²) in [5.74, 6) is 1.24. The summed E-state index contributed by atoms with van der Waals surface area (Å²) in [6.07, 6.45) is 7.38. The second-order valence-corrected chi connectivity index (χ2v) is 5.85. The molecule has 0 saturated carbocycles. The molecule has 0 unspecified atom stereocenters. The molecule has 2 heterocycles. The molecule has 2 aromatic rings. The smallest absolute Gasteiger partial charge is 0.247 e. The lowest BCUT2D eigenvalue weighted by molar-refractivity contribution is 0.627. The Morgan fingerprint density at radius 1 is 1.04 bits per heavy atom. The van der Waals surface area contributed by atoms with Gasteiger partial charge < -0.3 is 10.2 Å². The zero-order chi connectivity index (χ0) is 15.9. The largest absolute Gasteiger partial charge is 0.368 e. The van der Waals surface area contributed by atoms with E-state index in [1.807, 2.05) is 0 Å². The first-order valence-corrected chi connectivity index (χ1v) is 8.24. The molecule has 0 amide bonds. The van der Waals surface area contributed by atoms with E-state index in [4.69, 9.17) is 0 Å². The summed E-state index contributed by atoms with van der Waals surface area (Å²) in [4.78, 5) is 6.78. The van der Waals surface area contributed by atoms with Gasteiger partial charge in [0.1, 0.15) is 5.82 Å². The summed E-state index contributed by atoms with van der Waals surface area (Å²) in [5, 5.41) is 11.5. The number of nitrogens with zero attached hydrogens (tertiary/aromatic N) is 4. The second kappa shape index (κ2) is 7.85. The summed E-state index contributed by atoms with van der Waals surface area (Å²) >= 11 is 0. The van der Waals surface area contributed by atoms with E-state index in [1.165, 1.54) is 37.8 Å². The Morgan fingerprint density at radius 2 is 1.78 bits per heavy atom. The summed E-state index contributed by atoms with van der Waals surface area (Å²) in [5.41, 5.74) is 1.09. The Bertz CT molecular complexity index is 609. The van der Waals surface area contributed by atoms with Crippen molar-refractivity contribution < 1.29 is 4.39 Å². The molecular formula is C17H22FN5. The highest BCUT2D eigenvalue weighted by molar-refractivity contribution is 5.39. The van der Waals surface area contributed by atoms with E-state index in [9.17, 15) is 4.39 Å². The van der Waals surface area contributed by atoms with Gasteiger partial charge in [0.15, 0.2) is 5.82 Å². The number of aromatic nitrogens is 3. The average Bonchev–Trinajstić information content (AvgIpc) is 2.86. The van der Waals surface area contributed by atoms with Crippen LogP contribution in [-0.2, 0) is 6.42 Å². The van der Waals surface area contributed by atoms with Gasteiger partial charge >= 0.3 is 0 Å². The van der Waals surface area contributed by atoms with Crippen LogP contribution in [0.4, 0.5) is 16.2 Å². The monoisotopic (exact) mass is 315 g/mol. The third-order valence-corrected chi connectivity index (χ3v) is 4.07. The van der Waals surface area contributed by atoms with Crippen molar-refractivity contribution in [3.05, 3.63) is 41.8 Å². The van der Waals surface area contributed by atoms with Crippen molar-refractivity contribution in [1.29, 1.82) is 0 Å². The molecule has 1 aromatic heterocycles. The van der Waals surface area contributed by atoms with Gasteiger partial charge in [-0.2, -0.15) is 10.1 Å². The van der Waals surface area contributed by atoms with Gasteiger partial charge in [0.05, 0.1) is 6.20 Å². The van der Waals surface area contributed by atoms with Crippen molar-refractivity contribution in [1.82, 2.24) is 15.2 Å². The van der Waals surface area contributed by atoms with E-state index in [0.29, 0.717) is 5.95 Å². The van der Waals surface area contributed by atoms with Crippen molar-refractivity contribution in [2.75, 3.05) is 29.9 Å². The highest BCUT2D eigenvalue weighted by Gasteiger charge is 2.13. The van der Waals surface area contributed by atoms with Crippen LogP contribution in [0.3, 0.4) is 0 Å². The Kier molecular flexibility index (Phi) is 5.34. The van der Waals surface area contributed by atoms with Crippen molar-refractivity contribution >= 4 is 11.8 Å². The molecule has 1 aliphatic rings. The minimum Gasteiger partial charge on any atom is -0.368 e. The first-order valence-electron chi connectivity index (χ1n) is 8.24. The van der Waals surface area contributed by atoms with E-state index in [0.717, 1.165) is 37.4 Å². The molecule has 1 N–H and O–H groups in total. The molecule has 1 aromatic carbocycles. The zero-order valence-corrected chi connectivity index (χ0v) is 13.2. The fraction of sp³-hybridized carbons (Fsp3) is 0.471. The summed E-state index contributed by atoms with van der Waals surface area (Å²) in [6, 6.07) is 6.58. The number of hydrogen-bond acceptors (Lipinski definition) is 5. The van der Waals surface area contributed by atoms with Gasteiger partial charge in [0.2, 0.25) is 5.95 Å². The Hall–Kier alpha value is -2.24. The van der Waals surface area contributed by atoms with Crippen LogP contribution in [0, 0.1) is 5.82 Å². The molecule has 1 fully saturated rings. The molecule has 0 bridgehead atoms. The number of rotatable bonds is 5. The van der Waals surface area contributed by atoms with Gasteiger partial charge in [-0.15, -0.1) is 5.10 Å². The normalized spacial score (nSPS) is 15.3. The van der Waals surface area contributed by atoms with Crippen LogP contribution in [-0.4, -0.2) is 34.8 Å². The fourth-order valence-corrected chi connectivity index (χ4v) is 2.77. The van der Waals surface area contributed by atoms with Crippen LogP contribution in [0.5, 0.6) is 0 Å². The molecule has 6 heteroatoms. The molecule has 0 atom stereocenters. The fourth-order valence-electron chi connectivity index (χ4n) is 2.77. The first kappa shape index (κ1) is 15.6. The quantitative estimate of drug-likeness (QED) is 0.919. The maximum absolute atomic E-state index is 12.9. The van der Waals surface area contributed by atoms with E-state index in [-0.39, 0.29) is 5.82 Å². The highest BCUT2D eigenvalue weighted by atomic mass is 19.1. The SMILES string of the molecule is Fc1ccc(CCNc2cnnc(N3CCCCCC3)n2)cc1. The standard InChI is InChI=1S/C17H22FN5/c18-15-7-5-14(6-8-15)9-10-19-16-13-20-22-17(21-16)23-11-3-1-2-4-12-23/h5-8,13H,1-4,9-12H2,(H,19,21,22). The molecule has 5 nitrogen and oxygen atoms in total. The number of anilines is 2. The van der Waals surface area contributed by atoms with Gasteiger partial charge in [-0.05, 0) is 37.0 Å². The third-order valence-electron chi connectivity index (χ3n) is 4.07. The average molecular weight is 315 g/mol. The lowest BCUT2D eigenvalue weighted by Crippen LogP contribution is -2.26. The molecule has 23 heavy (non-hydrogen) atoms. The van der Waals surface area contributed by atoms with Crippen molar-refractivity contribution in [2.45, 2.75) is 32.1 Å². The maximum Gasteiger partial charge on any atom is 0.247 e. The predicted molar refractivity (Wildman–Crippen MR) is 89.1 cm³/mol. The molecular weight excluding hydrogens is 293 g/mol. The Labute approximate surface area is 136 Å². The van der Waals surface area contributed by atoms with E-state index >= 15 is 0 Å². The van der Waals surface area contributed by atoms with Crippen molar-refractivity contribution in [2.24, 2.45) is 0 Å². The lowest BCUT2D eigenvalue weighted by atomic mass is 10.1. The van der Waals surface area contributed by atoms with Gasteiger partial charge in [0.25, 0.3) is 0 Å². The molecule has 3 rings (SSSR count). The van der Waals surface area contributed by atoms with Crippen LogP contribution in [0.1, 0.15) is 31.2 Å². The van der Waals surface area contributed by atoms with Crippen LogP contribution < -0.4 is 10.2 Å². The number of nitrogens with one attached hydrogen (secondary N) is 1. The van der Waals surface area contributed by atoms with Crippen molar-refractivity contribution in [3.8, 4) is 0 Å². The van der Waals surface area contributed by atoms with Crippen LogP contribution in [0.15, 0.2) is 30.5 Å². The Morgan fingerprint density at radius 3 is 2.52 bits per heavy atom. The highest BCUT2D eigenvalue weighted by Crippen LogP contribution is 2.16. The Balaban J connectivity index is 1.55. The minimum absolute atomic E-state index is 0.205. The number of halogens is 1. The number of hydrogen-bond donors (Lipinski definition) is 1. The van der Waals surface area contributed by atoms with Crippen molar-refractivity contribution in [3.63, 3.8) is 0 Å². The summed E-state index contributed by atoms with van der Waals surface area (Å²) < 4.78 is 12.9. The van der Waals surface area contributed by atoms with E-state index < -0.39 is 0 Å². The number of benzene rings is 1. The second-order valence-electron chi connectivity index (χ2n) is 5.85. The topological polar surface area (TPSA) is 53.9 Å². The summed E-state index contributed by atoms with van der Waals surface area (Å²) in [6.45, 7) is 2.73. The van der Waals surface area contributed by atoms with Crippen LogP contribution >= 0.6 is 0 Å². The predicted octanol–water partition coefficient (Wildman–Crippen LogP) is 3.05. The molecule has 0 spiro atoms. The zero-order valence-electron chi connectivity index (χ0n) is 13.2. The van der Waals surface area contributed by atoms with Gasteiger partial charge in [0, 0.05) is 19.6 Å². The molecule has 122 valence electrons. The first-order chi connectivity index (χ1) is 11.3. The van der Waals surface area contributed by atoms with Gasteiger partial charge in [-0.3, -0.25) is 0 Å². The molecule has 1 aliphatic heterocycles. The van der Waals surface area contributed by atoms with Gasteiger partial charge in [-0.25, -0.2) is 4.39 Å². The lowest BCUT2D eigenvalue weighted by Gasteiger charge is -2.19. The summed E-state index contributed by atoms with van der Waals surface area (Å²) in [7, 11) is 0. The minimum atomic E-state index is -0.205. The van der Waals surface area contributed by atoms with Crippen LogP contribution in [0.2, 0.25) is 0 Å². The maximum atomic E-state index is 12.9. The third kappa shape index (κ3) is 4.61. The van der Waals surface area contributed by atoms with Gasteiger partial charge in [-0.1, -0.05) is 25.0 Å². The van der Waals surface area contributed by atoms with E-state index in [2.05, 4.69) is 25.4 Å². The van der Waals surface area contributed by atoms with E-state index in [1.54, 1.807) is 18.3 Å².